The molecule has 74 valence electrons. The fraction of sp³-hybridized carbons (Fsp3) is 0.200. The minimum absolute atomic E-state index is 0.250. The minimum Gasteiger partial charge on any atom is -0.386 e. The molecule has 0 saturated heterocycles. The molecule has 0 aliphatic carbocycles. The van der Waals surface area contributed by atoms with E-state index in [1.54, 1.807) is 6.07 Å². The van der Waals surface area contributed by atoms with Gasteiger partial charge < -0.3 is 11.1 Å². The van der Waals surface area contributed by atoms with Crippen molar-refractivity contribution in [3.63, 3.8) is 0 Å². The highest BCUT2D eigenvalue weighted by molar-refractivity contribution is 6.35. The van der Waals surface area contributed by atoms with Crippen molar-refractivity contribution < 1.29 is 0 Å². The first-order chi connectivity index (χ1) is 6.66. The molecule has 1 heterocycles. The number of hydrogen-bond acceptors (Lipinski definition) is 2. The SMILES string of the molecule is NC1=CC(c2ccc(Cl)cc2Cl)CN1. The number of rotatable bonds is 1. The third-order valence-corrected chi connectivity index (χ3v) is 2.83. The van der Waals surface area contributed by atoms with Crippen LogP contribution >= 0.6 is 23.2 Å². The van der Waals surface area contributed by atoms with E-state index in [2.05, 4.69) is 5.32 Å². The molecule has 1 unspecified atom stereocenters. The van der Waals surface area contributed by atoms with Crippen LogP contribution in [-0.4, -0.2) is 6.54 Å². The van der Waals surface area contributed by atoms with Crippen molar-refractivity contribution >= 4 is 23.2 Å². The van der Waals surface area contributed by atoms with Crippen molar-refractivity contribution in [2.75, 3.05) is 6.54 Å². The fourth-order valence-electron chi connectivity index (χ4n) is 1.56. The predicted molar refractivity (Wildman–Crippen MR) is 59.5 cm³/mol. The summed E-state index contributed by atoms with van der Waals surface area (Å²) < 4.78 is 0. The topological polar surface area (TPSA) is 38.0 Å². The Morgan fingerprint density at radius 1 is 1.36 bits per heavy atom. The van der Waals surface area contributed by atoms with Crippen molar-refractivity contribution in [2.24, 2.45) is 5.73 Å². The van der Waals surface area contributed by atoms with Gasteiger partial charge in [-0.25, -0.2) is 0 Å². The highest BCUT2D eigenvalue weighted by Crippen LogP contribution is 2.29. The van der Waals surface area contributed by atoms with Gasteiger partial charge in [-0.15, -0.1) is 0 Å². The molecule has 3 N–H and O–H groups in total. The summed E-state index contributed by atoms with van der Waals surface area (Å²) in [6.07, 6.45) is 1.97. The van der Waals surface area contributed by atoms with E-state index in [1.165, 1.54) is 0 Å². The van der Waals surface area contributed by atoms with Gasteiger partial charge in [0.2, 0.25) is 0 Å². The summed E-state index contributed by atoms with van der Waals surface area (Å²) >= 11 is 11.9. The van der Waals surface area contributed by atoms with Gasteiger partial charge in [-0.3, -0.25) is 0 Å². The van der Waals surface area contributed by atoms with Gasteiger partial charge in [-0.2, -0.15) is 0 Å². The van der Waals surface area contributed by atoms with Gasteiger partial charge in [0.05, 0.1) is 5.82 Å². The molecule has 4 heteroatoms. The highest BCUT2D eigenvalue weighted by atomic mass is 35.5. The lowest BCUT2D eigenvalue weighted by atomic mass is 10.0. The standard InChI is InChI=1S/C10H10Cl2N2/c11-7-1-2-8(9(12)4-7)6-3-10(13)14-5-6/h1-4,6,14H,5,13H2. The second-order valence-corrected chi connectivity index (χ2v) is 4.12. The van der Waals surface area contributed by atoms with Crippen molar-refractivity contribution in [1.29, 1.82) is 0 Å². The summed E-state index contributed by atoms with van der Waals surface area (Å²) in [5.41, 5.74) is 6.68. The van der Waals surface area contributed by atoms with Gasteiger partial charge in [0.1, 0.15) is 0 Å². The molecule has 1 atom stereocenters. The molecule has 0 fully saturated rings. The van der Waals surface area contributed by atoms with E-state index < -0.39 is 0 Å². The second kappa shape index (κ2) is 3.71. The van der Waals surface area contributed by atoms with Crippen LogP contribution in [0.2, 0.25) is 10.0 Å². The van der Waals surface area contributed by atoms with Crippen molar-refractivity contribution in [2.45, 2.75) is 5.92 Å². The number of halogens is 2. The molecule has 0 saturated carbocycles. The van der Waals surface area contributed by atoms with E-state index in [-0.39, 0.29) is 5.92 Å². The molecule has 2 nitrogen and oxygen atoms in total. The Labute approximate surface area is 92.7 Å². The van der Waals surface area contributed by atoms with E-state index in [9.17, 15) is 0 Å². The van der Waals surface area contributed by atoms with Crippen LogP contribution < -0.4 is 11.1 Å². The zero-order valence-electron chi connectivity index (χ0n) is 7.43. The lowest BCUT2D eigenvalue weighted by Gasteiger charge is -2.09. The zero-order valence-corrected chi connectivity index (χ0v) is 8.94. The Morgan fingerprint density at radius 3 is 2.71 bits per heavy atom. The van der Waals surface area contributed by atoms with Crippen LogP contribution in [0.15, 0.2) is 30.1 Å². The fourth-order valence-corrected chi connectivity index (χ4v) is 2.11. The predicted octanol–water partition coefficient (Wildman–Crippen LogP) is 2.48. The smallest absolute Gasteiger partial charge is 0.0926 e. The summed E-state index contributed by atoms with van der Waals surface area (Å²) in [7, 11) is 0. The van der Waals surface area contributed by atoms with Crippen LogP contribution in [-0.2, 0) is 0 Å². The lowest BCUT2D eigenvalue weighted by Crippen LogP contribution is -2.16. The van der Waals surface area contributed by atoms with E-state index in [0.29, 0.717) is 15.9 Å². The summed E-state index contributed by atoms with van der Waals surface area (Å²) in [6.45, 7) is 0.799. The Morgan fingerprint density at radius 2 is 2.14 bits per heavy atom. The quantitative estimate of drug-likeness (QED) is 0.776. The summed E-state index contributed by atoms with van der Waals surface area (Å²) in [5, 5.41) is 4.40. The molecule has 1 aliphatic heterocycles. The third kappa shape index (κ3) is 1.81. The normalized spacial score (nSPS) is 20.4. The molecule has 1 aromatic carbocycles. The molecule has 0 spiro atoms. The largest absolute Gasteiger partial charge is 0.386 e. The maximum Gasteiger partial charge on any atom is 0.0926 e. The Bertz CT molecular complexity index is 388. The van der Waals surface area contributed by atoms with Gasteiger partial charge in [-0.05, 0) is 23.8 Å². The van der Waals surface area contributed by atoms with E-state index in [4.69, 9.17) is 28.9 Å². The van der Waals surface area contributed by atoms with Crippen LogP contribution in [0.3, 0.4) is 0 Å². The molecule has 1 aliphatic rings. The lowest BCUT2D eigenvalue weighted by molar-refractivity contribution is 0.791. The van der Waals surface area contributed by atoms with Gasteiger partial charge in [0.15, 0.2) is 0 Å². The molecule has 0 radical (unpaired) electrons. The molecule has 2 rings (SSSR count). The molecular weight excluding hydrogens is 219 g/mol. The molecule has 1 aromatic rings. The highest BCUT2D eigenvalue weighted by Gasteiger charge is 2.17. The van der Waals surface area contributed by atoms with Gasteiger partial charge in [0, 0.05) is 22.5 Å². The van der Waals surface area contributed by atoms with Crippen LogP contribution in [0, 0.1) is 0 Å². The number of nitrogens with two attached hydrogens (primary N) is 1. The Hall–Kier alpha value is -0.860. The Kier molecular flexibility index (Phi) is 2.57. The number of nitrogens with one attached hydrogen (secondary N) is 1. The molecule has 0 bridgehead atoms. The van der Waals surface area contributed by atoms with Crippen LogP contribution in [0.4, 0.5) is 0 Å². The molecule has 0 aromatic heterocycles. The van der Waals surface area contributed by atoms with E-state index >= 15 is 0 Å². The molecule has 0 amide bonds. The number of hydrogen-bond donors (Lipinski definition) is 2. The van der Waals surface area contributed by atoms with Crippen molar-refractivity contribution in [3.8, 4) is 0 Å². The Balaban J connectivity index is 2.33. The third-order valence-electron chi connectivity index (χ3n) is 2.27. The number of benzene rings is 1. The first-order valence-electron chi connectivity index (χ1n) is 4.33. The monoisotopic (exact) mass is 228 g/mol. The maximum atomic E-state index is 6.07. The summed E-state index contributed by atoms with van der Waals surface area (Å²) in [4.78, 5) is 0. The van der Waals surface area contributed by atoms with Crippen molar-refractivity contribution in [1.82, 2.24) is 5.32 Å². The van der Waals surface area contributed by atoms with E-state index in [0.717, 1.165) is 12.1 Å². The first kappa shape index (κ1) is 9.69. The molecular formula is C10H10Cl2N2. The maximum absolute atomic E-state index is 6.07. The van der Waals surface area contributed by atoms with Crippen LogP contribution in [0.1, 0.15) is 11.5 Å². The van der Waals surface area contributed by atoms with Gasteiger partial charge >= 0.3 is 0 Å². The average molecular weight is 229 g/mol. The van der Waals surface area contributed by atoms with Crippen LogP contribution in [0.5, 0.6) is 0 Å². The summed E-state index contributed by atoms with van der Waals surface area (Å²) in [6, 6.07) is 5.53. The summed E-state index contributed by atoms with van der Waals surface area (Å²) in [5.74, 6) is 0.959. The van der Waals surface area contributed by atoms with Gasteiger partial charge in [0.25, 0.3) is 0 Å². The van der Waals surface area contributed by atoms with Crippen molar-refractivity contribution in [3.05, 3.63) is 45.7 Å². The second-order valence-electron chi connectivity index (χ2n) is 3.28. The van der Waals surface area contributed by atoms with Gasteiger partial charge in [-0.1, -0.05) is 29.3 Å². The molecule has 14 heavy (non-hydrogen) atoms. The average Bonchev–Trinajstić information content (AvgIpc) is 2.51. The zero-order chi connectivity index (χ0) is 10.1. The van der Waals surface area contributed by atoms with Crippen LogP contribution in [0.25, 0.3) is 0 Å². The first-order valence-corrected chi connectivity index (χ1v) is 5.08. The van der Waals surface area contributed by atoms with E-state index in [1.807, 2.05) is 18.2 Å². The minimum atomic E-state index is 0.250.